The lowest BCUT2D eigenvalue weighted by atomic mass is 9.99. The fourth-order valence-electron chi connectivity index (χ4n) is 3.76. The number of halogens is 3. The average molecular weight is 563 g/mol. The van der Waals surface area contributed by atoms with E-state index in [0.717, 1.165) is 61.4 Å². The summed E-state index contributed by atoms with van der Waals surface area (Å²) in [6.07, 6.45) is 0.290. The van der Waals surface area contributed by atoms with E-state index in [1.54, 1.807) is 6.07 Å². The molecule has 204 valence electrons. The van der Waals surface area contributed by atoms with Gasteiger partial charge in [-0.2, -0.15) is 13.2 Å². The summed E-state index contributed by atoms with van der Waals surface area (Å²) in [7, 11) is -4.76. The van der Waals surface area contributed by atoms with Gasteiger partial charge in [0.05, 0.1) is 12.3 Å². The number of aromatic nitrogens is 2. The number of ether oxygens (including phenoxy) is 1. The molecule has 1 aliphatic heterocycles. The van der Waals surface area contributed by atoms with Gasteiger partial charge in [-0.3, -0.25) is 4.72 Å². The van der Waals surface area contributed by atoms with Crippen LogP contribution in [0.2, 0.25) is 0 Å². The van der Waals surface area contributed by atoms with E-state index >= 15 is 0 Å². The third kappa shape index (κ3) is 8.62. The van der Waals surface area contributed by atoms with E-state index in [9.17, 15) is 26.4 Å². The van der Waals surface area contributed by atoms with Crippen molar-refractivity contribution in [3.05, 3.63) is 22.7 Å². The van der Waals surface area contributed by atoms with Gasteiger partial charge in [0.1, 0.15) is 5.69 Å². The zero-order valence-electron chi connectivity index (χ0n) is 20.5. The molecular weight excluding hydrogens is 533 g/mol. The van der Waals surface area contributed by atoms with Crippen LogP contribution in [-0.4, -0.2) is 56.2 Å². The van der Waals surface area contributed by atoms with Gasteiger partial charge in [-0.15, -0.1) is 20.4 Å². The molecule has 0 amide bonds. The van der Waals surface area contributed by atoms with Gasteiger partial charge in [0, 0.05) is 18.8 Å². The number of sulfonamides is 1. The summed E-state index contributed by atoms with van der Waals surface area (Å²) < 4.78 is 70.2. The molecule has 10 nitrogen and oxygen atoms in total. The van der Waals surface area contributed by atoms with Crippen LogP contribution in [0.3, 0.4) is 0 Å². The Morgan fingerprint density at radius 3 is 2.68 bits per heavy atom. The summed E-state index contributed by atoms with van der Waals surface area (Å²) in [5, 5.41) is 15.5. The Balaban J connectivity index is 1.93. The zero-order valence-corrected chi connectivity index (χ0v) is 22.2. The highest BCUT2D eigenvalue weighted by atomic mass is 32.2. The van der Waals surface area contributed by atoms with Gasteiger partial charge in [-0.25, -0.2) is 13.2 Å². The highest BCUT2D eigenvalue weighted by molar-refractivity contribution is 7.92. The lowest BCUT2D eigenvalue weighted by Gasteiger charge is -2.32. The number of esters is 1. The second-order valence-electron chi connectivity index (χ2n) is 8.50. The maximum atomic E-state index is 12.9. The summed E-state index contributed by atoms with van der Waals surface area (Å²) >= 11 is 0.825. The number of rotatable bonds is 12. The molecule has 1 aromatic heterocycles. The predicted molar refractivity (Wildman–Crippen MR) is 135 cm³/mol. The molecule has 0 bridgehead atoms. The fourth-order valence-corrected chi connectivity index (χ4v) is 5.32. The van der Waals surface area contributed by atoms with Gasteiger partial charge in [-0.1, -0.05) is 38.0 Å². The van der Waals surface area contributed by atoms with Crippen molar-refractivity contribution < 1.29 is 31.1 Å². The van der Waals surface area contributed by atoms with Crippen molar-refractivity contribution in [2.45, 2.75) is 58.5 Å². The van der Waals surface area contributed by atoms with E-state index in [0.29, 0.717) is 12.8 Å². The first kappa shape index (κ1) is 28.8. The molecule has 0 radical (unpaired) electrons. The molecule has 2 heterocycles. The molecular formula is C22H29F3N6O4S2. The monoisotopic (exact) mass is 562 g/mol. The Bertz CT molecular complexity index is 1220. The fraction of sp³-hybridized carbons (Fsp3) is 0.591. The van der Waals surface area contributed by atoms with Crippen LogP contribution >= 0.6 is 11.3 Å². The van der Waals surface area contributed by atoms with Crippen LogP contribution in [0.5, 0.6) is 0 Å². The third-order valence-electron chi connectivity index (χ3n) is 5.33. The number of anilines is 2. The van der Waals surface area contributed by atoms with E-state index in [-0.39, 0.29) is 28.1 Å². The number of unbranched alkanes of at least 4 members (excludes halogenated alkanes) is 2. The van der Waals surface area contributed by atoms with E-state index < -0.39 is 27.9 Å². The second kappa shape index (κ2) is 12.6. The van der Waals surface area contributed by atoms with Gasteiger partial charge in [0.25, 0.3) is 5.13 Å². The van der Waals surface area contributed by atoms with Crippen LogP contribution < -0.4 is 9.62 Å². The van der Waals surface area contributed by atoms with Crippen molar-refractivity contribution >= 4 is 49.5 Å². The molecule has 0 fully saturated rings. The molecule has 0 aliphatic carbocycles. The lowest BCUT2D eigenvalue weighted by Crippen LogP contribution is -2.31. The Morgan fingerprint density at radius 2 is 1.97 bits per heavy atom. The lowest BCUT2D eigenvalue weighted by molar-refractivity contribution is -0.106. The standard InChI is InChI=1S/C22H29F3N6O4S2/c1-3-5-6-9-31-10-7-8-15-12-16(17(13-18(15)31)30-37(33,34)14-22(23,24)25)26-28-21-29-27-19(36-21)20(32)35-11-4-2/h12-13,30H,3-11,14H2,1-2H3. The van der Waals surface area contributed by atoms with Gasteiger partial charge in [-0.05, 0) is 43.4 Å². The first-order valence-electron chi connectivity index (χ1n) is 11.9. The summed E-state index contributed by atoms with van der Waals surface area (Å²) in [5.41, 5.74) is 1.55. The van der Waals surface area contributed by atoms with Crippen LogP contribution in [0.15, 0.2) is 22.4 Å². The number of nitrogens with one attached hydrogen (secondary N) is 1. The minimum Gasteiger partial charge on any atom is -0.460 e. The smallest absolute Gasteiger partial charge is 0.404 e. The van der Waals surface area contributed by atoms with Crippen LogP contribution in [-0.2, 0) is 21.2 Å². The molecule has 1 aliphatic rings. The number of aryl methyl sites for hydroxylation is 1. The number of azo groups is 1. The van der Waals surface area contributed by atoms with Gasteiger partial charge < -0.3 is 9.64 Å². The van der Waals surface area contributed by atoms with Crippen molar-refractivity contribution in [1.29, 1.82) is 0 Å². The first-order valence-corrected chi connectivity index (χ1v) is 14.4. The van der Waals surface area contributed by atoms with E-state index in [2.05, 4.69) is 32.2 Å². The second-order valence-corrected chi connectivity index (χ2v) is 11.2. The summed E-state index contributed by atoms with van der Waals surface area (Å²) in [6, 6.07) is 3.13. The maximum absolute atomic E-state index is 12.9. The Labute approximate surface area is 217 Å². The average Bonchev–Trinajstić information content (AvgIpc) is 3.29. The molecule has 0 unspecified atom stereocenters. The van der Waals surface area contributed by atoms with Crippen molar-refractivity contribution in [1.82, 2.24) is 10.2 Å². The minimum absolute atomic E-state index is 0.00598. The van der Waals surface area contributed by atoms with Crippen molar-refractivity contribution in [3.63, 3.8) is 0 Å². The number of hydrogen-bond acceptors (Lipinski definition) is 10. The van der Waals surface area contributed by atoms with Gasteiger partial charge in [0.2, 0.25) is 15.0 Å². The Morgan fingerprint density at radius 1 is 1.19 bits per heavy atom. The maximum Gasteiger partial charge on any atom is 0.404 e. The normalized spacial score (nSPS) is 14.1. The molecule has 0 saturated carbocycles. The molecule has 3 rings (SSSR count). The minimum atomic E-state index is -4.91. The Kier molecular flexibility index (Phi) is 9.81. The molecule has 2 aromatic rings. The molecule has 1 N–H and O–H groups in total. The summed E-state index contributed by atoms with van der Waals surface area (Å²) in [6.45, 7) is 5.66. The quantitative estimate of drug-likeness (QED) is 0.198. The van der Waals surface area contributed by atoms with Crippen LogP contribution in [0.4, 0.5) is 35.4 Å². The zero-order chi connectivity index (χ0) is 27.1. The van der Waals surface area contributed by atoms with Crippen LogP contribution in [0.25, 0.3) is 0 Å². The Hall–Kier alpha value is -2.81. The van der Waals surface area contributed by atoms with Crippen molar-refractivity contribution in [2.75, 3.05) is 35.1 Å². The molecule has 37 heavy (non-hydrogen) atoms. The highest BCUT2D eigenvalue weighted by Gasteiger charge is 2.35. The SMILES string of the molecule is CCCCCN1CCCc2cc(N=Nc3nnc(C(=O)OCCC)s3)c(NS(=O)(=O)CC(F)(F)F)cc21. The predicted octanol–water partition coefficient (Wildman–Crippen LogP) is 5.77. The van der Waals surface area contributed by atoms with Gasteiger partial charge in [0.15, 0.2) is 5.75 Å². The number of alkyl halides is 3. The number of fused-ring (bicyclic) bond motifs is 1. The van der Waals surface area contributed by atoms with Crippen LogP contribution in [0.1, 0.15) is 61.3 Å². The number of benzene rings is 1. The van der Waals surface area contributed by atoms with E-state index in [1.165, 1.54) is 6.07 Å². The van der Waals surface area contributed by atoms with E-state index in [4.69, 9.17) is 4.74 Å². The number of hydrogen-bond donors (Lipinski definition) is 1. The molecule has 0 saturated heterocycles. The van der Waals surface area contributed by atoms with Crippen molar-refractivity contribution in [3.8, 4) is 0 Å². The van der Waals surface area contributed by atoms with Gasteiger partial charge >= 0.3 is 12.1 Å². The van der Waals surface area contributed by atoms with Crippen LogP contribution in [0, 0.1) is 0 Å². The number of carbonyl (C=O) groups excluding carboxylic acids is 1. The number of nitrogens with zero attached hydrogens (tertiary/aromatic N) is 5. The first-order chi connectivity index (χ1) is 17.5. The third-order valence-corrected chi connectivity index (χ3v) is 7.36. The van der Waals surface area contributed by atoms with Crippen molar-refractivity contribution in [2.24, 2.45) is 10.2 Å². The van der Waals surface area contributed by atoms with E-state index in [1.807, 2.05) is 11.6 Å². The molecule has 0 atom stereocenters. The molecule has 0 spiro atoms. The molecule has 15 heteroatoms. The number of carbonyl (C=O) groups is 1. The molecule has 1 aromatic carbocycles. The topological polar surface area (TPSA) is 126 Å². The summed E-state index contributed by atoms with van der Waals surface area (Å²) in [5.74, 6) is -2.69. The summed E-state index contributed by atoms with van der Waals surface area (Å²) in [4.78, 5) is 14.0. The largest absolute Gasteiger partial charge is 0.460 e. The highest BCUT2D eigenvalue weighted by Crippen LogP contribution is 2.39.